The second-order valence-electron chi connectivity index (χ2n) is 5.39. The predicted molar refractivity (Wildman–Crippen MR) is 69.2 cm³/mol. The number of piperazine rings is 1. The minimum Gasteiger partial charge on any atom is -0.337 e. The molecule has 2 heterocycles. The van der Waals surface area contributed by atoms with Crippen molar-refractivity contribution in [1.82, 2.24) is 19.9 Å². The summed E-state index contributed by atoms with van der Waals surface area (Å²) in [6.07, 6.45) is 0. The topological polar surface area (TPSA) is 106 Å². The summed E-state index contributed by atoms with van der Waals surface area (Å²) in [4.78, 5) is 30.8. The number of aromatic nitrogens is 2. The number of carbonyl (C=O) groups excluding carboxylic acids is 2. The summed E-state index contributed by atoms with van der Waals surface area (Å²) in [5.74, 6) is 0.451. The summed E-state index contributed by atoms with van der Waals surface area (Å²) in [7, 11) is 0. The van der Waals surface area contributed by atoms with Gasteiger partial charge in [0, 0.05) is 6.54 Å². The van der Waals surface area contributed by atoms with Gasteiger partial charge in [0.25, 0.3) is 0 Å². The lowest BCUT2D eigenvalue weighted by molar-refractivity contribution is -0.150. The monoisotopic (exact) mass is 281 g/mol. The minimum absolute atomic E-state index is 0.0381. The van der Waals surface area contributed by atoms with Gasteiger partial charge in [-0.2, -0.15) is 4.98 Å². The Bertz CT molecular complexity index is 519. The molecule has 1 aromatic heterocycles. The van der Waals surface area contributed by atoms with Crippen LogP contribution in [0.5, 0.6) is 0 Å². The average molecular weight is 281 g/mol. The summed E-state index contributed by atoms with van der Waals surface area (Å²) in [6.45, 7) is 6.16. The molecular formula is C12H19N5O3. The predicted octanol–water partition coefficient (Wildman–Crippen LogP) is -0.546. The summed E-state index contributed by atoms with van der Waals surface area (Å²) < 4.78 is 5.07. The maximum atomic E-state index is 11.9. The Hall–Kier alpha value is -1.96. The number of carbonyl (C=O) groups is 2. The van der Waals surface area contributed by atoms with E-state index >= 15 is 0 Å². The molecule has 1 aliphatic heterocycles. The largest absolute Gasteiger partial charge is 0.337 e. The van der Waals surface area contributed by atoms with E-state index in [-0.39, 0.29) is 37.3 Å². The van der Waals surface area contributed by atoms with E-state index in [0.29, 0.717) is 12.4 Å². The van der Waals surface area contributed by atoms with Crippen LogP contribution in [0, 0.1) is 0 Å². The van der Waals surface area contributed by atoms with Gasteiger partial charge in [0.2, 0.25) is 17.7 Å². The van der Waals surface area contributed by atoms with Crippen molar-refractivity contribution in [2.75, 3.05) is 19.6 Å². The van der Waals surface area contributed by atoms with Crippen LogP contribution in [-0.2, 0) is 21.7 Å². The minimum atomic E-state index is -0.706. The van der Waals surface area contributed by atoms with Gasteiger partial charge in [-0.05, 0) is 20.8 Å². The van der Waals surface area contributed by atoms with Gasteiger partial charge >= 0.3 is 0 Å². The van der Waals surface area contributed by atoms with Crippen molar-refractivity contribution >= 4 is 11.8 Å². The molecule has 2 N–H and O–H groups in total. The fourth-order valence-corrected chi connectivity index (χ4v) is 1.88. The quantitative estimate of drug-likeness (QED) is 0.794. The molecule has 0 saturated carbocycles. The molecular weight excluding hydrogens is 262 g/mol. The molecule has 1 saturated heterocycles. The molecule has 0 unspecified atom stereocenters. The van der Waals surface area contributed by atoms with Gasteiger partial charge in [-0.25, -0.2) is 0 Å². The summed E-state index contributed by atoms with van der Waals surface area (Å²) >= 11 is 0. The standard InChI is InChI=1S/C12H19N5O3/c1-4-16-6-10(19)17(7-9(16)18)5-8-14-11(15-20-8)12(2,3)13/h4-7,13H2,1-3H3. The first kappa shape index (κ1) is 14.4. The molecule has 20 heavy (non-hydrogen) atoms. The molecule has 0 atom stereocenters. The highest BCUT2D eigenvalue weighted by molar-refractivity contribution is 5.92. The lowest BCUT2D eigenvalue weighted by Gasteiger charge is -2.32. The van der Waals surface area contributed by atoms with Crippen LogP contribution < -0.4 is 5.73 Å². The fraction of sp³-hybridized carbons (Fsp3) is 0.667. The molecule has 0 bridgehead atoms. The highest BCUT2D eigenvalue weighted by atomic mass is 16.5. The Morgan fingerprint density at radius 1 is 1.25 bits per heavy atom. The number of nitrogens with two attached hydrogens (primary N) is 1. The number of rotatable bonds is 4. The van der Waals surface area contributed by atoms with E-state index in [1.54, 1.807) is 13.8 Å². The smallest absolute Gasteiger partial charge is 0.246 e. The highest BCUT2D eigenvalue weighted by Gasteiger charge is 2.30. The van der Waals surface area contributed by atoms with Gasteiger partial charge in [-0.1, -0.05) is 5.16 Å². The molecule has 1 aromatic rings. The van der Waals surface area contributed by atoms with Crippen LogP contribution in [-0.4, -0.2) is 51.4 Å². The van der Waals surface area contributed by atoms with Crippen LogP contribution in [0.2, 0.25) is 0 Å². The molecule has 0 aromatic carbocycles. The molecule has 2 amide bonds. The van der Waals surface area contributed by atoms with E-state index in [1.807, 2.05) is 6.92 Å². The van der Waals surface area contributed by atoms with Gasteiger partial charge in [0.05, 0.1) is 12.1 Å². The Kier molecular flexibility index (Phi) is 3.76. The van der Waals surface area contributed by atoms with Gasteiger partial charge in [0.15, 0.2) is 5.82 Å². The van der Waals surface area contributed by atoms with Gasteiger partial charge in [0.1, 0.15) is 13.1 Å². The summed E-state index contributed by atoms with van der Waals surface area (Å²) in [5, 5.41) is 3.78. The zero-order chi connectivity index (χ0) is 14.9. The van der Waals surface area contributed by atoms with Gasteiger partial charge < -0.3 is 20.1 Å². The lowest BCUT2D eigenvalue weighted by atomic mass is 10.1. The number of hydrogen-bond donors (Lipinski definition) is 1. The van der Waals surface area contributed by atoms with Crippen LogP contribution in [0.4, 0.5) is 0 Å². The van der Waals surface area contributed by atoms with Crippen LogP contribution in [0.3, 0.4) is 0 Å². The van der Waals surface area contributed by atoms with Crippen molar-refractivity contribution in [1.29, 1.82) is 0 Å². The molecule has 0 radical (unpaired) electrons. The number of hydrogen-bond acceptors (Lipinski definition) is 6. The third kappa shape index (κ3) is 2.96. The fourth-order valence-electron chi connectivity index (χ4n) is 1.88. The van der Waals surface area contributed by atoms with E-state index in [1.165, 1.54) is 9.80 Å². The maximum absolute atomic E-state index is 11.9. The zero-order valence-corrected chi connectivity index (χ0v) is 11.9. The van der Waals surface area contributed by atoms with Gasteiger partial charge in [-0.15, -0.1) is 0 Å². The second kappa shape index (κ2) is 5.20. The molecule has 1 fully saturated rings. The third-order valence-electron chi connectivity index (χ3n) is 3.11. The van der Waals surface area contributed by atoms with Crippen molar-refractivity contribution < 1.29 is 14.1 Å². The Balaban J connectivity index is 2.05. The maximum Gasteiger partial charge on any atom is 0.246 e. The Labute approximate surface area is 116 Å². The Morgan fingerprint density at radius 2 is 1.85 bits per heavy atom. The van der Waals surface area contributed by atoms with Crippen molar-refractivity contribution in [3.63, 3.8) is 0 Å². The molecule has 0 aliphatic carbocycles. The lowest BCUT2D eigenvalue weighted by Crippen LogP contribution is -2.53. The molecule has 8 heteroatoms. The molecule has 8 nitrogen and oxygen atoms in total. The third-order valence-corrected chi connectivity index (χ3v) is 3.11. The number of amides is 2. The average Bonchev–Trinajstić information content (AvgIpc) is 2.81. The van der Waals surface area contributed by atoms with Crippen LogP contribution >= 0.6 is 0 Å². The van der Waals surface area contributed by atoms with Crippen molar-refractivity contribution in [2.45, 2.75) is 32.9 Å². The number of likely N-dealkylation sites (N-methyl/N-ethyl adjacent to an activating group) is 1. The first-order chi connectivity index (χ1) is 9.31. The number of nitrogens with zero attached hydrogens (tertiary/aromatic N) is 4. The molecule has 110 valence electrons. The molecule has 0 spiro atoms. The normalized spacial score (nSPS) is 17.0. The van der Waals surface area contributed by atoms with Crippen molar-refractivity contribution in [3.05, 3.63) is 11.7 Å². The van der Waals surface area contributed by atoms with Gasteiger partial charge in [-0.3, -0.25) is 9.59 Å². The van der Waals surface area contributed by atoms with Crippen molar-refractivity contribution in [3.8, 4) is 0 Å². The first-order valence-electron chi connectivity index (χ1n) is 6.48. The first-order valence-corrected chi connectivity index (χ1v) is 6.48. The summed E-state index contributed by atoms with van der Waals surface area (Å²) in [5.41, 5.74) is 5.16. The van der Waals surface area contributed by atoms with Crippen LogP contribution in [0.1, 0.15) is 32.5 Å². The van der Waals surface area contributed by atoms with E-state index in [0.717, 1.165) is 0 Å². The van der Waals surface area contributed by atoms with E-state index < -0.39 is 5.54 Å². The molecule has 1 aliphatic rings. The summed E-state index contributed by atoms with van der Waals surface area (Å²) in [6, 6.07) is 0. The van der Waals surface area contributed by atoms with E-state index in [2.05, 4.69) is 10.1 Å². The van der Waals surface area contributed by atoms with E-state index in [4.69, 9.17) is 10.3 Å². The van der Waals surface area contributed by atoms with Crippen molar-refractivity contribution in [2.24, 2.45) is 5.73 Å². The van der Waals surface area contributed by atoms with Crippen LogP contribution in [0.25, 0.3) is 0 Å². The SMILES string of the molecule is CCN1CC(=O)N(Cc2nc(C(C)(C)N)no2)CC1=O. The second-order valence-corrected chi connectivity index (χ2v) is 5.39. The highest BCUT2D eigenvalue weighted by Crippen LogP contribution is 2.14. The van der Waals surface area contributed by atoms with Crippen LogP contribution in [0.15, 0.2) is 4.52 Å². The van der Waals surface area contributed by atoms with E-state index in [9.17, 15) is 9.59 Å². The Morgan fingerprint density at radius 3 is 2.40 bits per heavy atom. The molecule has 2 rings (SSSR count). The zero-order valence-electron chi connectivity index (χ0n) is 11.9.